The van der Waals surface area contributed by atoms with Gasteiger partial charge in [0.15, 0.2) is 11.6 Å². The molecule has 0 bridgehead atoms. The molecule has 0 radical (unpaired) electrons. The molecule has 0 saturated carbocycles. The Bertz CT molecular complexity index is 2310. The molecule has 0 atom stereocenters. The van der Waals surface area contributed by atoms with Crippen LogP contribution in [0.3, 0.4) is 0 Å². The highest BCUT2D eigenvalue weighted by molar-refractivity contribution is 8.00. The fourth-order valence-electron chi connectivity index (χ4n) is 6.27. The lowest BCUT2D eigenvalue weighted by Gasteiger charge is -2.26. The van der Waals surface area contributed by atoms with Crippen LogP contribution in [0.5, 0.6) is 0 Å². The van der Waals surface area contributed by atoms with Gasteiger partial charge in [0.1, 0.15) is 0 Å². The van der Waals surface area contributed by atoms with Crippen molar-refractivity contribution in [3.63, 3.8) is 0 Å². The van der Waals surface area contributed by atoms with E-state index >= 15 is 9.59 Å². The van der Waals surface area contributed by atoms with Crippen molar-refractivity contribution >= 4 is 58.6 Å². The van der Waals surface area contributed by atoms with Crippen LogP contribution in [0.4, 0.5) is 0 Å². The summed E-state index contributed by atoms with van der Waals surface area (Å²) in [5.41, 5.74) is 5.64. The minimum atomic E-state index is -0.112. The van der Waals surface area contributed by atoms with E-state index < -0.39 is 0 Å². The minimum absolute atomic E-state index is 0.0272. The Morgan fingerprint density at radius 2 is 0.642 bits per heavy atom. The van der Waals surface area contributed by atoms with Crippen molar-refractivity contribution in [1.82, 2.24) is 0 Å². The number of aryl methyl sites for hydroxylation is 1. The minimum Gasteiger partial charge on any atom is -0.288 e. The number of carbonyl (C=O) groups is 2. The molecule has 53 heavy (non-hydrogen) atoms. The van der Waals surface area contributed by atoms with Crippen molar-refractivity contribution < 1.29 is 9.59 Å². The zero-order valence-corrected chi connectivity index (χ0v) is 34.3. The highest BCUT2D eigenvalue weighted by Gasteiger charge is 2.38. The van der Waals surface area contributed by atoms with Crippen LogP contribution >= 0.6 is 47.0 Å². The quantitative estimate of drug-likeness (QED) is 0.153. The van der Waals surface area contributed by atoms with Crippen molar-refractivity contribution in [1.29, 1.82) is 0 Å². The lowest BCUT2D eigenvalue weighted by atomic mass is 9.84. The first-order chi connectivity index (χ1) is 25.3. The van der Waals surface area contributed by atoms with Gasteiger partial charge in [-0.3, -0.25) is 9.59 Å². The summed E-state index contributed by atoms with van der Waals surface area (Å²) in [5.74, 6) is -0.224. The van der Waals surface area contributed by atoms with Crippen LogP contribution in [0, 0.1) is 6.92 Å². The van der Waals surface area contributed by atoms with Crippen LogP contribution in [0.25, 0.3) is 0 Å². The second-order valence-electron chi connectivity index (χ2n) is 15.4. The van der Waals surface area contributed by atoms with Gasteiger partial charge in [-0.05, 0) is 102 Å². The number of ketones is 2. The van der Waals surface area contributed by atoms with Gasteiger partial charge in [-0.15, -0.1) is 0 Å². The first kappa shape index (κ1) is 37.4. The summed E-state index contributed by atoms with van der Waals surface area (Å²) >= 11 is 6.16. The number of rotatable bonds is 8. The van der Waals surface area contributed by atoms with Gasteiger partial charge in [-0.1, -0.05) is 149 Å². The van der Waals surface area contributed by atoms with Crippen LogP contribution in [0.15, 0.2) is 167 Å². The van der Waals surface area contributed by atoms with Gasteiger partial charge in [-0.25, -0.2) is 0 Å². The van der Waals surface area contributed by atoms with E-state index in [9.17, 15) is 0 Å². The predicted molar refractivity (Wildman–Crippen MR) is 224 cm³/mol. The average Bonchev–Trinajstić information content (AvgIpc) is 3.12. The van der Waals surface area contributed by atoms with Crippen molar-refractivity contribution in [3.05, 3.63) is 166 Å². The van der Waals surface area contributed by atoms with E-state index in [1.165, 1.54) is 40.2 Å². The van der Waals surface area contributed by atoms with Gasteiger partial charge < -0.3 is 0 Å². The average molecular weight is 767 g/mol. The summed E-state index contributed by atoms with van der Waals surface area (Å²) in [4.78, 5) is 37.8. The summed E-state index contributed by atoms with van der Waals surface area (Å²) in [7, 11) is 0. The zero-order valence-electron chi connectivity index (χ0n) is 31.1. The van der Waals surface area contributed by atoms with E-state index in [0.717, 1.165) is 39.2 Å². The zero-order chi connectivity index (χ0) is 37.5. The molecule has 0 heterocycles. The lowest BCUT2D eigenvalue weighted by Crippen LogP contribution is -2.24. The molecule has 0 amide bonds. The smallest absolute Gasteiger partial charge is 0.196 e. The fourth-order valence-corrected chi connectivity index (χ4v) is 10.1. The predicted octanol–water partition coefficient (Wildman–Crippen LogP) is 14.0. The normalized spacial score (nSPS) is 12.8. The third-order valence-electron chi connectivity index (χ3n) is 9.28. The Morgan fingerprint density at radius 3 is 0.943 bits per heavy atom. The number of benzene rings is 6. The van der Waals surface area contributed by atoms with E-state index in [-0.39, 0.29) is 22.4 Å². The molecule has 1 aliphatic carbocycles. The summed E-state index contributed by atoms with van der Waals surface area (Å²) in [6.45, 7) is 15.3. The molecule has 6 aromatic rings. The van der Waals surface area contributed by atoms with Crippen LogP contribution in [0.2, 0.25) is 0 Å². The van der Waals surface area contributed by atoms with E-state index in [4.69, 9.17) is 0 Å². The molecule has 0 aliphatic heterocycles. The van der Waals surface area contributed by atoms with Crippen LogP contribution in [0.1, 0.15) is 90.1 Å². The van der Waals surface area contributed by atoms with E-state index in [0.29, 0.717) is 22.3 Å². The molecule has 0 spiro atoms. The monoisotopic (exact) mass is 766 g/mol. The Hall–Kier alpha value is -3.94. The molecule has 0 N–H and O–H groups in total. The van der Waals surface area contributed by atoms with Crippen LogP contribution < -0.4 is 0 Å². The van der Waals surface area contributed by atoms with Crippen LogP contribution in [-0.4, -0.2) is 11.6 Å². The second-order valence-corrected chi connectivity index (χ2v) is 19.8. The van der Waals surface area contributed by atoms with Crippen LogP contribution in [-0.2, 0) is 10.8 Å². The van der Waals surface area contributed by atoms with Gasteiger partial charge in [-0.2, -0.15) is 0 Å². The fraction of sp³-hybridized carbons (Fsp3) is 0.191. The molecule has 2 nitrogen and oxygen atoms in total. The Balaban J connectivity index is 1.39. The molecule has 0 saturated heterocycles. The molecule has 1 aliphatic rings. The molecule has 6 aromatic carbocycles. The van der Waals surface area contributed by atoms with Crippen molar-refractivity contribution in [2.45, 2.75) is 98.5 Å². The summed E-state index contributed by atoms with van der Waals surface area (Å²) in [6, 6.07) is 43.5. The number of carbonyl (C=O) groups excluding carboxylic acids is 2. The van der Waals surface area contributed by atoms with Crippen molar-refractivity contribution in [2.75, 3.05) is 0 Å². The van der Waals surface area contributed by atoms with E-state index in [1.807, 2.05) is 54.6 Å². The van der Waals surface area contributed by atoms with Gasteiger partial charge in [0.05, 0.1) is 0 Å². The number of hydrogen-bond acceptors (Lipinski definition) is 6. The largest absolute Gasteiger partial charge is 0.288 e. The molecular weight excluding hydrogens is 725 g/mol. The first-order valence-electron chi connectivity index (χ1n) is 17.7. The maximum atomic E-state index is 15.3. The number of hydrogen-bond donors (Lipinski definition) is 0. The Morgan fingerprint density at radius 1 is 0.358 bits per heavy atom. The summed E-state index contributed by atoms with van der Waals surface area (Å²) in [5, 5.41) is 0. The Kier molecular flexibility index (Phi) is 10.6. The maximum Gasteiger partial charge on any atom is 0.196 e. The van der Waals surface area contributed by atoms with Gasteiger partial charge in [0.25, 0.3) is 0 Å². The van der Waals surface area contributed by atoms with E-state index in [1.54, 1.807) is 23.5 Å². The third-order valence-corrected chi connectivity index (χ3v) is 13.6. The molecule has 0 fully saturated rings. The molecule has 266 valence electrons. The van der Waals surface area contributed by atoms with Crippen molar-refractivity contribution in [3.8, 4) is 0 Å². The lowest BCUT2D eigenvalue weighted by molar-refractivity contribution is 0.0970. The molecule has 0 aromatic heterocycles. The SMILES string of the molecule is Cc1ccc(Sc2ccc(Sc3ccccc3)c3c2C(=O)c2c(Sc4ccc(C(C)(C)C)cc4)ccc(Sc4ccc(C(C)(C)C)cc4)c2C3=O)cc1. The Labute approximate surface area is 331 Å². The standard InChI is InChI=1S/C47H42O2S4/c1-29-13-19-33(20-14-29)51-37-26-25-36(50-32-11-9-8-10-12-32)40-41(37)45(49)43-39(53-35-23-17-31(18-24-35)47(5,6)7)28-27-38(42(43)44(40)48)52-34-21-15-30(16-22-34)46(2,3)4/h8-28H,1-7H3. The summed E-state index contributed by atoms with van der Waals surface area (Å²) < 4.78 is 0. The summed E-state index contributed by atoms with van der Waals surface area (Å²) in [6.07, 6.45) is 0. The maximum absolute atomic E-state index is 15.3. The molecular formula is C47H42O2S4. The molecule has 0 unspecified atom stereocenters. The topological polar surface area (TPSA) is 34.1 Å². The van der Waals surface area contributed by atoms with Crippen molar-refractivity contribution in [2.24, 2.45) is 0 Å². The second kappa shape index (κ2) is 15.1. The first-order valence-corrected chi connectivity index (χ1v) is 21.0. The molecule has 6 heteroatoms. The van der Waals surface area contributed by atoms with Gasteiger partial charge in [0, 0.05) is 61.4 Å². The van der Waals surface area contributed by atoms with Gasteiger partial charge >= 0.3 is 0 Å². The molecule has 7 rings (SSSR count). The highest BCUT2D eigenvalue weighted by atomic mass is 32.2. The number of fused-ring (bicyclic) bond motifs is 2. The highest BCUT2D eigenvalue weighted by Crippen LogP contribution is 2.48. The van der Waals surface area contributed by atoms with Gasteiger partial charge in [0.2, 0.25) is 0 Å². The van der Waals surface area contributed by atoms with E-state index in [2.05, 4.69) is 121 Å². The third kappa shape index (κ3) is 8.12.